The summed E-state index contributed by atoms with van der Waals surface area (Å²) in [5, 5.41) is 8.22. The van der Waals surface area contributed by atoms with Gasteiger partial charge in [0.2, 0.25) is 0 Å². The summed E-state index contributed by atoms with van der Waals surface area (Å²) in [4.78, 5) is 0. The monoisotopic (exact) mass is 207 g/mol. The van der Waals surface area contributed by atoms with Crippen LogP contribution < -0.4 is 0 Å². The molecule has 0 rings (SSSR count). The molecule has 1 nitrogen and oxygen atoms in total. The van der Waals surface area contributed by atoms with E-state index in [1.165, 1.54) is 0 Å². The van der Waals surface area contributed by atoms with Crippen LogP contribution in [0.5, 0.6) is 0 Å². The van der Waals surface area contributed by atoms with E-state index in [9.17, 15) is 13.2 Å². The van der Waals surface area contributed by atoms with Crippen molar-refractivity contribution in [3.8, 4) is 6.07 Å². The summed E-state index contributed by atoms with van der Waals surface area (Å²) in [7, 11) is 0. The van der Waals surface area contributed by atoms with E-state index in [0.29, 0.717) is 12.8 Å². The molecule has 0 aromatic rings. The Hall–Kier alpha value is -0.720. The topological polar surface area (TPSA) is 23.8 Å². The fraction of sp³-hybridized carbons (Fsp3) is 0.900. The minimum Gasteiger partial charge on any atom is -0.198 e. The fourth-order valence-electron chi connectivity index (χ4n) is 1.24. The smallest absolute Gasteiger partial charge is 0.198 e. The van der Waals surface area contributed by atoms with E-state index < -0.39 is 12.6 Å². The zero-order valence-electron chi connectivity index (χ0n) is 8.24. The molecule has 0 N–H and O–H groups in total. The minimum absolute atomic E-state index is 0.238. The van der Waals surface area contributed by atoms with Gasteiger partial charge in [-0.05, 0) is 12.8 Å². The minimum atomic E-state index is -4.00. The highest BCUT2D eigenvalue weighted by molar-refractivity contribution is 4.67. The number of rotatable bonds is 7. The Morgan fingerprint density at radius 3 is 1.86 bits per heavy atom. The lowest BCUT2D eigenvalue weighted by Gasteiger charge is -2.05. The van der Waals surface area contributed by atoms with Crippen LogP contribution in [0.2, 0.25) is 0 Å². The molecule has 0 fully saturated rings. The van der Waals surface area contributed by atoms with Gasteiger partial charge in [0.05, 0.1) is 6.07 Å². The van der Waals surface area contributed by atoms with E-state index in [1.807, 2.05) is 6.07 Å². The Labute approximate surface area is 82.9 Å². The number of hydrogen-bond acceptors (Lipinski definition) is 1. The standard InChI is InChI=1S/C10H16F3N/c11-10(12,13)8-6-4-2-1-3-5-7-9-14/h1-8H2. The van der Waals surface area contributed by atoms with Gasteiger partial charge in [-0.25, -0.2) is 0 Å². The molecule has 0 radical (unpaired) electrons. The Kier molecular flexibility index (Phi) is 7.27. The van der Waals surface area contributed by atoms with Gasteiger partial charge in [0.15, 0.2) is 0 Å². The van der Waals surface area contributed by atoms with Crippen LogP contribution in [-0.4, -0.2) is 6.18 Å². The molecule has 0 unspecified atom stereocenters. The third kappa shape index (κ3) is 11.3. The molecule has 82 valence electrons. The first kappa shape index (κ1) is 13.3. The predicted molar refractivity (Wildman–Crippen MR) is 48.6 cm³/mol. The van der Waals surface area contributed by atoms with Crippen molar-refractivity contribution in [2.24, 2.45) is 0 Å². The number of nitrogens with zero attached hydrogens (tertiary/aromatic N) is 1. The zero-order valence-corrected chi connectivity index (χ0v) is 8.24. The Bertz CT molecular complexity index is 169. The van der Waals surface area contributed by atoms with Crippen LogP contribution in [0.15, 0.2) is 0 Å². The molecule has 0 amide bonds. The first-order valence-electron chi connectivity index (χ1n) is 5.00. The van der Waals surface area contributed by atoms with Crippen LogP contribution in [0.25, 0.3) is 0 Å². The van der Waals surface area contributed by atoms with Crippen LogP contribution in [0.1, 0.15) is 51.4 Å². The molecule has 4 heteroatoms. The maximum atomic E-state index is 11.7. The van der Waals surface area contributed by atoms with Crippen LogP contribution in [-0.2, 0) is 0 Å². The van der Waals surface area contributed by atoms with Gasteiger partial charge in [-0.15, -0.1) is 0 Å². The number of unbranched alkanes of at least 4 members (excludes halogenated alkanes) is 6. The second kappa shape index (κ2) is 7.66. The third-order valence-electron chi connectivity index (χ3n) is 2.00. The fourth-order valence-corrected chi connectivity index (χ4v) is 1.24. The molecule has 0 aliphatic rings. The Balaban J connectivity index is 3.04. The maximum absolute atomic E-state index is 11.7. The van der Waals surface area contributed by atoms with Crippen molar-refractivity contribution >= 4 is 0 Å². The largest absolute Gasteiger partial charge is 0.389 e. The summed E-state index contributed by atoms with van der Waals surface area (Å²) < 4.78 is 35.1. The summed E-state index contributed by atoms with van der Waals surface area (Å²) in [6.07, 6.45) is 0.402. The lowest BCUT2D eigenvalue weighted by Crippen LogP contribution is -2.06. The van der Waals surface area contributed by atoms with E-state index in [1.54, 1.807) is 0 Å². The second-order valence-electron chi connectivity index (χ2n) is 3.39. The van der Waals surface area contributed by atoms with Gasteiger partial charge >= 0.3 is 6.18 Å². The number of hydrogen-bond donors (Lipinski definition) is 0. The van der Waals surface area contributed by atoms with Gasteiger partial charge < -0.3 is 0 Å². The van der Waals surface area contributed by atoms with E-state index >= 15 is 0 Å². The van der Waals surface area contributed by atoms with Crippen LogP contribution in [0, 0.1) is 11.3 Å². The Morgan fingerprint density at radius 1 is 0.857 bits per heavy atom. The van der Waals surface area contributed by atoms with E-state index in [-0.39, 0.29) is 6.42 Å². The molecule has 0 aliphatic heterocycles. The Morgan fingerprint density at radius 2 is 1.36 bits per heavy atom. The molecule has 14 heavy (non-hydrogen) atoms. The van der Waals surface area contributed by atoms with Gasteiger partial charge in [-0.3, -0.25) is 0 Å². The quantitative estimate of drug-likeness (QED) is 0.574. The average molecular weight is 207 g/mol. The number of nitriles is 1. The molecular formula is C10H16F3N. The lowest BCUT2D eigenvalue weighted by atomic mass is 10.1. The molecule has 0 saturated heterocycles. The van der Waals surface area contributed by atoms with E-state index in [2.05, 4.69) is 0 Å². The zero-order chi connectivity index (χ0) is 10.9. The molecule has 0 aromatic heterocycles. The molecule has 0 spiro atoms. The van der Waals surface area contributed by atoms with Crippen molar-refractivity contribution in [3.05, 3.63) is 0 Å². The highest BCUT2D eigenvalue weighted by Crippen LogP contribution is 2.23. The SMILES string of the molecule is N#CCCCCCCCCC(F)(F)F. The van der Waals surface area contributed by atoms with Crippen LogP contribution in [0.4, 0.5) is 13.2 Å². The van der Waals surface area contributed by atoms with Gasteiger partial charge in [0, 0.05) is 12.8 Å². The summed E-state index contributed by atoms with van der Waals surface area (Å²) >= 11 is 0. The van der Waals surface area contributed by atoms with Crippen molar-refractivity contribution in [2.75, 3.05) is 0 Å². The molecule has 0 heterocycles. The van der Waals surface area contributed by atoms with Crippen molar-refractivity contribution in [1.82, 2.24) is 0 Å². The normalized spacial score (nSPS) is 11.3. The maximum Gasteiger partial charge on any atom is 0.389 e. The van der Waals surface area contributed by atoms with Crippen molar-refractivity contribution in [2.45, 2.75) is 57.5 Å². The lowest BCUT2D eigenvalue weighted by molar-refractivity contribution is -0.135. The average Bonchev–Trinajstić information content (AvgIpc) is 2.08. The highest BCUT2D eigenvalue weighted by Gasteiger charge is 2.25. The van der Waals surface area contributed by atoms with Gasteiger partial charge in [-0.2, -0.15) is 18.4 Å². The van der Waals surface area contributed by atoms with E-state index in [0.717, 1.165) is 25.7 Å². The van der Waals surface area contributed by atoms with Gasteiger partial charge in [0.1, 0.15) is 0 Å². The number of alkyl halides is 3. The first-order chi connectivity index (χ1) is 6.56. The molecule has 0 atom stereocenters. The highest BCUT2D eigenvalue weighted by atomic mass is 19.4. The predicted octanol–water partition coefficient (Wildman–Crippen LogP) is 4.19. The van der Waals surface area contributed by atoms with Gasteiger partial charge in [-0.1, -0.05) is 25.7 Å². The number of halogens is 3. The first-order valence-corrected chi connectivity index (χ1v) is 5.00. The molecule has 0 saturated carbocycles. The second-order valence-corrected chi connectivity index (χ2v) is 3.39. The molecule has 0 aromatic carbocycles. The molecule has 0 bridgehead atoms. The van der Waals surface area contributed by atoms with Crippen molar-refractivity contribution < 1.29 is 13.2 Å². The summed E-state index contributed by atoms with van der Waals surface area (Å²) in [5.41, 5.74) is 0. The summed E-state index contributed by atoms with van der Waals surface area (Å²) in [6.45, 7) is 0. The van der Waals surface area contributed by atoms with Gasteiger partial charge in [0.25, 0.3) is 0 Å². The van der Waals surface area contributed by atoms with Crippen LogP contribution >= 0.6 is 0 Å². The van der Waals surface area contributed by atoms with Crippen LogP contribution in [0.3, 0.4) is 0 Å². The summed E-state index contributed by atoms with van der Waals surface area (Å²) in [6, 6.07) is 2.04. The van der Waals surface area contributed by atoms with E-state index in [4.69, 9.17) is 5.26 Å². The van der Waals surface area contributed by atoms with Crippen molar-refractivity contribution in [1.29, 1.82) is 5.26 Å². The molecular weight excluding hydrogens is 191 g/mol. The molecule has 0 aliphatic carbocycles. The van der Waals surface area contributed by atoms with Crippen molar-refractivity contribution in [3.63, 3.8) is 0 Å². The third-order valence-corrected chi connectivity index (χ3v) is 2.00. The summed E-state index contributed by atoms with van der Waals surface area (Å²) in [5.74, 6) is 0.